The standard InChI is InChI=1S/C26H23N5O2/c1-2-24(32)28-21-7-3-5-18(15-21)23-8-4-6-19-16-27-26(30-25(19)23)29-20-9-11-22(12-10-20)31-13-14-33-17-31/h2-12,15-16H,1,13-14,17H2,(H,28,32)(H,27,29,30). The Morgan fingerprint density at radius 2 is 1.91 bits per heavy atom. The van der Waals surface area contributed by atoms with Gasteiger partial charge in [-0.3, -0.25) is 4.79 Å². The average Bonchev–Trinajstić information content (AvgIpc) is 3.39. The van der Waals surface area contributed by atoms with Crippen LogP contribution in [0.4, 0.5) is 23.0 Å². The van der Waals surface area contributed by atoms with Crippen LogP contribution in [0.2, 0.25) is 0 Å². The Hall–Kier alpha value is -4.23. The number of carbonyl (C=O) groups excluding carboxylic acids is 1. The summed E-state index contributed by atoms with van der Waals surface area (Å²) >= 11 is 0. The third-order valence-corrected chi connectivity index (χ3v) is 5.48. The predicted molar refractivity (Wildman–Crippen MR) is 132 cm³/mol. The molecule has 1 fully saturated rings. The molecule has 164 valence electrons. The number of hydrogen-bond donors (Lipinski definition) is 2. The molecule has 2 N–H and O–H groups in total. The second kappa shape index (κ2) is 9.10. The highest BCUT2D eigenvalue weighted by molar-refractivity contribution is 6.00. The molecule has 0 aliphatic carbocycles. The first kappa shape index (κ1) is 20.7. The topological polar surface area (TPSA) is 79.4 Å². The second-order valence-corrected chi connectivity index (χ2v) is 7.68. The van der Waals surface area contributed by atoms with Gasteiger partial charge in [0, 0.05) is 40.8 Å². The Bertz CT molecular complexity index is 1310. The van der Waals surface area contributed by atoms with Gasteiger partial charge >= 0.3 is 0 Å². The number of rotatable bonds is 6. The number of benzene rings is 3. The molecule has 1 saturated heterocycles. The number of nitrogens with zero attached hydrogens (tertiary/aromatic N) is 3. The predicted octanol–water partition coefficient (Wildman–Crippen LogP) is 4.96. The zero-order chi connectivity index (χ0) is 22.6. The van der Waals surface area contributed by atoms with Crippen molar-refractivity contribution in [3.63, 3.8) is 0 Å². The van der Waals surface area contributed by atoms with E-state index < -0.39 is 0 Å². The molecule has 0 radical (unpaired) electrons. The summed E-state index contributed by atoms with van der Waals surface area (Å²) in [6, 6.07) is 21.8. The summed E-state index contributed by atoms with van der Waals surface area (Å²) < 4.78 is 5.42. The van der Waals surface area contributed by atoms with Crippen LogP contribution in [-0.2, 0) is 9.53 Å². The van der Waals surface area contributed by atoms with Gasteiger partial charge < -0.3 is 20.3 Å². The SMILES string of the molecule is C=CC(=O)Nc1cccc(-c2cccc3cnc(Nc4ccc(N5CCOC5)cc4)nc23)c1. The van der Waals surface area contributed by atoms with Gasteiger partial charge in [0.15, 0.2) is 0 Å². The van der Waals surface area contributed by atoms with Crippen LogP contribution in [0, 0.1) is 0 Å². The van der Waals surface area contributed by atoms with Gasteiger partial charge in [0.2, 0.25) is 11.9 Å². The summed E-state index contributed by atoms with van der Waals surface area (Å²) in [7, 11) is 0. The van der Waals surface area contributed by atoms with Crippen LogP contribution in [0.3, 0.4) is 0 Å². The van der Waals surface area contributed by atoms with Crippen LogP contribution in [0.15, 0.2) is 85.6 Å². The fourth-order valence-corrected chi connectivity index (χ4v) is 3.81. The maximum Gasteiger partial charge on any atom is 0.247 e. The molecule has 7 heteroatoms. The van der Waals surface area contributed by atoms with E-state index in [1.807, 2.05) is 60.8 Å². The van der Waals surface area contributed by atoms with Crippen LogP contribution < -0.4 is 15.5 Å². The monoisotopic (exact) mass is 437 g/mol. The van der Waals surface area contributed by atoms with Crippen LogP contribution in [0.1, 0.15) is 0 Å². The van der Waals surface area contributed by atoms with Crippen molar-refractivity contribution in [2.75, 3.05) is 35.4 Å². The van der Waals surface area contributed by atoms with Crippen LogP contribution in [-0.4, -0.2) is 35.8 Å². The molecule has 0 bridgehead atoms. The number of aromatic nitrogens is 2. The minimum absolute atomic E-state index is 0.248. The molecule has 1 aliphatic heterocycles. The van der Waals surface area contributed by atoms with E-state index in [1.165, 1.54) is 6.08 Å². The van der Waals surface area contributed by atoms with E-state index in [0.717, 1.165) is 46.6 Å². The minimum atomic E-state index is -0.248. The zero-order valence-corrected chi connectivity index (χ0v) is 18.0. The summed E-state index contributed by atoms with van der Waals surface area (Å²) in [6.45, 7) is 5.80. The van der Waals surface area contributed by atoms with Crippen molar-refractivity contribution in [3.05, 3.63) is 85.6 Å². The van der Waals surface area contributed by atoms with Gasteiger partial charge in [-0.25, -0.2) is 9.97 Å². The van der Waals surface area contributed by atoms with Gasteiger partial charge in [0.05, 0.1) is 12.1 Å². The first-order chi connectivity index (χ1) is 16.2. The molecule has 1 aliphatic rings. The third-order valence-electron chi connectivity index (χ3n) is 5.48. The Morgan fingerprint density at radius 1 is 1.06 bits per heavy atom. The van der Waals surface area contributed by atoms with Crippen molar-refractivity contribution >= 4 is 39.8 Å². The molecule has 33 heavy (non-hydrogen) atoms. The third kappa shape index (κ3) is 4.53. The molecular formula is C26H23N5O2. The Labute approximate surface area is 191 Å². The Morgan fingerprint density at radius 3 is 2.70 bits per heavy atom. The van der Waals surface area contributed by atoms with Crippen LogP contribution in [0.25, 0.3) is 22.0 Å². The Balaban J connectivity index is 1.43. The minimum Gasteiger partial charge on any atom is -0.359 e. The molecule has 3 aromatic carbocycles. The summed E-state index contributed by atoms with van der Waals surface area (Å²) in [4.78, 5) is 23.2. The lowest BCUT2D eigenvalue weighted by Crippen LogP contribution is -2.18. The molecular weight excluding hydrogens is 414 g/mol. The highest BCUT2D eigenvalue weighted by atomic mass is 16.5. The molecule has 4 aromatic rings. The zero-order valence-electron chi connectivity index (χ0n) is 18.0. The smallest absolute Gasteiger partial charge is 0.247 e. The maximum absolute atomic E-state index is 11.7. The van der Waals surface area contributed by atoms with Crippen molar-refractivity contribution in [2.24, 2.45) is 0 Å². The summed E-state index contributed by atoms with van der Waals surface area (Å²) in [5.74, 6) is 0.269. The van der Waals surface area contributed by atoms with Gasteiger partial charge in [-0.1, -0.05) is 36.9 Å². The number of ether oxygens (including phenoxy) is 1. The van der Waals surface area contributed by atoms with Crippen molar-refractivity contribution in [1.29, 1.82) is 0 Å². The number of nitrogens with one attached hydrogen (secondary N) is 2. The van der Waals surface area contributed by atoms with E-state index >= 15 is 0 Å². The van der Waals surface area contributed by atoms with Crippen molar-refractivity contribution in [3.8, 4) is 11.1 Å². The number of fused-ring (bicyclic) bond motifs is 1. The first-order valence-electron chi connectivity index (χ1n) is 10.7. The molecule has 1 amide bonds. The van der Waals surface area contributed by atoms with E-state index in [-0.39, 0.29) is 5.91 Å². The van der Waals surface area contributed by atoms with Crippen molar-refractivity contribution in [1.82, 2.24) is 9.97 Å². The van der Waals surface area contributed by atoms with Gasteiger partial charge in [-0.15, -0.1) is 0 Å². The molecule has 1 aromatic heterocycles. The van der Waals surface area contributed by atoms with Gasteiger partial charge in [0.25, 0.3) is 0 Å². The summed E-state index contributed by atoms with van der Waals surface area (Å²) in [5, 5.41) is 7.04. The molecule has 0 atom stereocenters. The number of anilines is 4. The van der Waals surface area contributed by atoms with E-state index in [1.54, 1.807) is 0 Å². The lowest BCUT2D eigenvalue weighted by atomic mass is 10.0. The molecule has 0 spiro atoms. The van der Waals surface area contributed by atoms with E-state index in [9.17, 15) is 4.79 Å². The quantitative estimate of drug-likeness (QED) is 0.415. The van der Waals surface area contributed by atoms with Crippen LogP contribution >= 0.6 is 0 Å². The summed E-state index contributed by atoms with van der Waals surface area (Å²) in [5.41, 5.74) is 5.47. The normalized spacial score (nSPS) is 13.2. The summed E-state index contributed by atoms with van der Waals surface area (Å²) in [6.07, 6.45) is 3.06. The fourth-order valence-electron chi connectivity index (χ4n) is 3.81. The Kier molecular flexibility index (Phi) is 5.70. The number of amides is 1. The highest BCUT2D eigenvalue weighted by Gasteiger charge is 2.13. The largest absolute Gasteiger partial charge is 0.359 e. The van der Waals surface area contributed by atoms with Gasteiger partial charge in [-0.05, 0) is 48.0 Å². The molecule has 7 nitrogen and oxygen atoms in total. The second-order valence-electron chi connectivity index (χ2n) is 7.68. The number of para-hydroxylation sites is 1. The maximum atomic E-state index is 11.7. The fraction of sp³-hybridized carbons (Fsp3) is 0.115. The van der Waals surface area contributed by atoms with Gasteiger partial charge in [-0.2, -0.15) is 0 Å². The van der Waals surface area contributed by atoms with E-state index in [4.69, 9.17) is 9.72 Å². The lowest BCUT2D eigenvalue weighted by Gasteiger charge is -2.16. The average molecular weight is 438 g/mol. The molecule has 5 rings (SSSR count). The van der Waals surface area contributed by atoms with Crippen molar-refractivity contribution < 1.29 is 9.53 Å². The van der Waals surface area contributed by atoms with E-state index in [2.05, 4.69) is 39.2 Å². The number of hydrogen-bond acceptors (Lipinski definition) is 6. The van der Waals surface area contributed by atoms with Crippen LogP contribution in [0.5, 0.6) is 0 Å². The highest BCUT2D eigenvalue weighted by Crippen LogP contribution is 2.30. The molecule has 0 saturated carbocycles. The first-order valence-corrected chi connectivity index (χ1v) is 10.7. The molecule has 2 heterocycles. The number of carbonyl (C=O) groups is 1. The molecule has 0 unspecified atom stereocenters. The lowest BCUT2D eigenvalue weighted by molar-refractivity contribution is -0.111. The van der Waals surface area contributed by atoms with Crippen molar-refractivity contribution in [2.45, 2.75) is 0 Å². The van der Waals surface area contributed by atoms with E-state index in [0.29, 0.717) is 18.4 Å². The van der Waals surface area contributed by atoms with Gasteiger partial charge in [0.1, 0.15) is 6.73 Å².